The monoisotopic (exact) mass is 441 g/mol. The van der Waals surface area contributed by atoms with Crippen LogP contribution in [0.1, 0.15) is 6.42 Å². The molecule has 3 amide bonds. The molecule has 0 bridgehead atoms. The Morgan fingerprint density at radius 1 is 1.24 bits per heavy atom. The molecule has 2 aliphatic rings. The number of nitrogens with one attached hydrogen (secondary N) is 3. The van der Waals surface area contributed by atoms with Crippen molar-refractivity contribution in [1.82, 2.24) is 10.6 Å². The van der Waals surface area contributed by atoms with Crippen molar-refractivity contribution in [3.05, 3.63) is 28.7 Å². The summed E-state index contributed by atoms with van der Waals surface area (Å²) in [5.74, 6) is 0.309. The summed E-state index contributed by atoms with van der Waals surface area (Å²) in [5, 5.41) is 15.2. The summed E-state index contributed by atoms with van der Waals surface area (Å²) in [6, 6.07) is 7.16. The van der Waals surface area contributed by atoms with Gasteiger partial charge in [-0.05, 0) is 24.3 Å². The van der Waals surface area contributed by atoms with Crippen LogP contribution in [0.2, 0.25) is 0 Å². The van der Waals surface area contributed by atoms with Crippen molar-refractivity contribution < 1.29 is 14.4 Å². The number of anilines is 1. The van der Waals surface area contributed by atoms with Crippen LogP contribution < -0.4 is 16.0 Å². The molecule has 2 saturated heterocycles. The number of hydrogen-bond donors (Lipinski definition) is 3. The molecule has 0 radical (unpaired) electrons. The third-order valence-corrected chi connectivity index (χ3v) is 5.51. The van der Waals surface area contributed by atoms with Gasteiger partial charge in [-0.15, -0.1) is 10.2 Å². The van der Waals surface area contributed by atoms with Crippen molar-refractivity contribution >= 4 is 73.2 Å². The predicted molar refractivity (Wildman–Crippen MR) is 103 cm³/mol. The lowest BCUT2D eigenvalue weighted by Crippen LogP contribution is -2.28. The van der Waals surface area contributed by atoms with E-state index in [1.807, 2.05) is 12.1 Å². The van der Waals surface area contributed by atoms with E-state index in [0.29, 0.717) is 22.4 Å². The van der Waals surface area contributed by atoms with Gasteiger partial charge in [0.2, 0.25) is 11.8 Å². The molecular formula is C14H12BrN5O3S2. The normalized spacial score (nSPS) is 23.0. The Hall–Kier alpha value is -1.85. The zero-order valence-corrected chi connectivity index (χ0v) is 15.8. The molecule has 0 aromatic heterocycles. The molecule has 11 heteroatoms. The van der Waals surface area contributed by atoms with Crippen molar-refractivity contribution in [2.75, 3.05) is 11.1 Å². The Balaban J connectivity index is 1.54. The van der Waals surface area contributed by atoms with Crippen molar-refractivity contribution in [1.29, 1.82) is 0 Å². The molecule has 2 aliphatic heterocycles. The van der Waals surface area contributed by atoms with Gasteiger partial charge in [0.1, 0.15) is 11.1 Å². The predicted octanol–water partition coefficient (Wildman–Crippen LogP) is 2.14. The molecule has 0 aliphatic carbocycles. The molecule has 0 spiro atoms. The summed E-state index contributed by atoms with van der Waals surface area (Å²) in [6.07, 6.45) is 0.0226. The zero-order valence-electron chi connectivity index (χ0n) is 12.6. The van der Waals surface area contributed by atoms with Crippen LogP contribution in [-0.4, -0.2) is 39.1 Å². The van der Waals surface area contributed by atoms with Crippen LogP contribution >= 0.6 is 39.5 Å². The van der Waals surface area contributed by atoms with E-state index in [2.05, 4.69) is 42.1 Å². The van der Waals surface area contributed by atoms with E-state index >= 15 is 0 Å². The first kappa shape index (κ1) is 18.0. The highest BCUT2D eigenvalue weighted by molar-refractivity contribution is 9.10. The molecule has 25 heavy (non-hydrogen) atoms. The fraction of sp³-hybridized carbons (Fsp3) is 0.214. The lowest BCUT2D eigenvalue weighted by molar-refractivity contribution is -0.122. The smallest absolute Gasteiger partial charge is 0.284 e. The van der Waals surface area contributed by atoms with E-state index in [0.717, 1.165) is 28.0 Å². The van der Waals surface area contributed by atoms with Crippen LogP contribution in [0.15, 0.2) is 38.9 Å². The van der Waals surface area contributed by atoms with E-state index < -0.39 is 5.25 Å². The molecule has 3 N–H and O–H groups in total. The molecule has 8 nitrogen and oxygen atoms in total. The Morgan fingerprint density at radius 2 is 2.00 bits per heavy atom. The maximum Gasteiger partial charge on any atom is 0.284 e. The summed E-state index contributed by atoms with van der Waals surface area (Å²) in [5.41, 5.74) is 0.659. The molecule has 1 atom stereocenters. The van der Waals surface area contributed by atoms with Gasteiger partial charge in [-0.2, -0.15) is 0 Å². The highest BCUT2D eigenvalue weighted by Gasteiger charge is 2.32. The minimum atomic E-state index is -0.568. The van der Waals surface area contributed by atoms with Crippen LogP contribution in [0.5, 0.6) is 0 Å². The molecule has 1 aromatic carbocycles. The van der Waals surface area contributed by atoms with E-state index in [-0.39, 0.29) is 23.5 Å². The van der Waals surface area contributed by atoms with Crippen LogP contribution in [-0.2, 0) is 9.59 Å². The van der Waals surface area contributed by atoms with E-state index in [1.165, 1.54) is 0 Å². The van der Waals surface area contributed by atoms with Gasteiger partial charge in [-0.3, -0.25) is 14.4 Å². The summed E-state index contributed by atoms with van der Waals surface area (Å²) < 4.78 is 0.913. The standard InChI is InChI=1S/C14H12BrN5O3S2/c15-7-1-3-8(4-2-7)16-11(21)5-9-12(22)18-13(25-9)20-19-10-6-24-14(23)17-10/h1-4,9H,5-6H2,(H,16,21)(H,17,19,23)(H,18,20,22). The number of hydrogen-bond acceptors (Lipinski definition) is 7. The molecular weight excluding hydrogens is 430 g/mol. The second-order valence-corrected chi connectivity index (χ2v) is 8.06. The molecule has 130 valence electrons. The number of nitrogens with zero attached hydrogens (tertiary/aromatic N) is 2. The first-order chi connectivity index (χ1) is 12.0. The number of carbonyl (C=O) groups is 3. The number of carbonyl (C=O) groups excluding carboxylic acids is 3. The number of amides is 3. The second-order valence-electron chi connectivity index (χ2n) is 5.01. The molecule has 2 fully saturated rings. The van der Waals surface area contributed by atoms with Gasteiger partial charge in [0.05, 0.1) is 5.75 Å². The lowest BCUT2D eigenvalue weighted by Gasteiger charge is -2.07. The molecule has 0 saturated carbocycles. The fourth-order valence-corrected chi connectivity index (χ4v) is 3.75. The van der Waals surface area contributed by atoms with Crippen molar-refractivity contribution in [3.63, 3.8) is 0 Å². The highest BCUT2D eigenvalue weighted by atomic mass is 79.9. The Morgan fingerprint density at radius 3 is 2.68 bits per heavy atom. The number of amidine groups is 2. The number of thioether (sulfide) groups is 2. The van der Waals surface area contributed by atoms with E-state index in [9.17, 15) is 14.4 Å². The largest absolute Gasteiger partial charge is 0.326 e. The van der Waals surface area contributed by atoms with Crippen molar-refractivity contribution in [2.24, 2.45) is 10.2 Å². The number of rotatable bonds is 4. The quantitative estimate of drug-likeness (QED) is 0.619. The van der Waals surface area contributed by atoms with Crippen LogP contribution in [0.3, 0.4) is 0 Å². The zero-order chi connectivity index (χ0) is 17.8. The summed E-state index contributed by atoms with van der Waals surface area (Å²) in [4.78, 5) is 35.1. The van der Waals surface area contributed by atoms with Crippen LogP contribution in [0.25, 0.3) is 0 Å². The first-order valence-corrected chi connectivity index (χ1v) is 9.76. The van der Waals surface area contributed by atoms with Crippen molar-refractivity contribution in [2.45, 2.75) is 11.7 Å². The van der Waals surface area contributed by atoms with Gasteiger partial charge in [-0.1, -0.05) is 39.5 Å². The number of benzene rings is 1. The van der Waals surface area contributed by atoms with Gasteiger partial charge >= 0.3 is 0 Å². The average molecular weight is 442 g/mol. The van der Waals surface area contributed by atoms with E-state index in [1.54, 1.807) is 12.1 Å². The average Bonchev–Trinajstić information content (AvgIpc) is 3.14. The second kappa shape index (κ2) is 8.02. The SMILES string of the molecule is O=C(CC1S/C(=N/N=C2\CSC(=O)N2)NC1=O)Nc1ccc(Br)cc1. The van der Waals surface area contributed by atoms with Gasteiger partial charge in [0.25, 0.3) is 5.24 Å². The third kappa shape index (κ3) is 5.06. The van der Waals surface area contributed by atoms with Crippen LogP contribution in [0.4, 0.5) is 10.5 Å². The molecule has 2 heterocycles. The third-order valence-electron chi connectivity index (χ3n) is 3.12. The maximum absolute atomic E-state index is 12.1. The van der Waals surface area contributed by atoms with E-state index in [4.69, 9.17) is 0 Å². The fourth-order valence-electron chi connectivity index (χ4n) is 1.98. The minimum absolute atomic E-state index is 0.0226. The summed E-state index contributed by atoms with van der Waals surface area (Å²) >= 11 is 5.56. The lowest BCUT2D eigenvalue weighted by atomic mass is 10.2. The van der Waals surface area contributed by atoms with Gasteiger partial charge in [0, 0.05) is 16.6 Å². The molecule has 1 unspecified atom stereocenters. The Bertz CT molecular complexity index is 781. The Labute approximate surface area is 159 Å². The molecule has 3 rings (SSSR count). The minimum Gasteiger partial charge on any atom is -0.326 e. The topological polar surface area (TPSA) is 112 Å². The Kier molecular flexibility index (Phi) is 5.76. The summed E-state index contributed by atoms with van der Waals surface area (Å²) in [7, 11) is 0. The maximum atomic E-state index is 12.1. The van der Waals surface area contributed by atoms with Gasteiger partial charge in [0.15, 0.2) is 5.17 Å². The van der Waals surface area contributed by atoms with Gasteiger partial charge < -0.3 is 16.0 Å². The first-order valence-electron chi connectivity index (χ1n) is 7.11. The van der Waals surface area contributed by atoms with Crippen molar-refractivity contribution in [3.8, 4) is 0 Å². The van der Waals surface area contributed by atoms with Crippen LogP contribution in [0, 0.1) is 0 Å². The summed E-state index contributed by atoms with van der Waals surface area (Å²) in [6.45, 7) is 0. The van der Waals surface area contributed by atoms with Gasteiger partial charge in [-0.25, -0.2) is 0 Å². The molecule has 1 aromatic rings. The highest BCUT2D eigenvalue weighted by Crippen LogP contribution is 2.23. The number of halogens is 1.